The van der Waals surface area contributed by atoms with E-state index in [0.717, 1.165) is 21.8 Å². The number of imidazole rings is 1. The molecule has 1 fully saturated rings. The fraction of sp³-hybridized carbons (Fsp3) is 0.276. The number of rotatable bonds is 6. The lowest BCUT2D eigenvalue weighted by Crippen LogP contribution is -2.54. The molecule has 1 aliphatic rings. The van der Waals surface area contributed by atoms with Gasteiger partial charge in [0.05, 0.1) is 16.7 Å². The van der Waals surface area contributed by atoms with E-state index in [4.69, 9.17) is 0 Å². The van der Waals surface area contributed by atoms with Gasteiger partial charge >= 0.3 is 0 Å². The van der Waals surface area contributed by atoms with E-state index in [-0.39, 0.29) is 11.8 Å². The maximum absolute atomic E-state index is 13.5. The van der Waals surface area contributed by atoms with Crippen molar-refractivity contribution in [2.24, 2.45) is 0 Å². The van der Waals surface area contributed by atoms with Crippen molar-refractivity contribution in [2.45, 2.75) is 29.9 Å². The van der Waals surface area contributed by atoms with Crippen LogP contribution in [0.25, 0.3) is 5.65 Å². The molecule has 5 rings (SSSR count). The van der Waals surface area contributed by atoms with Gasteiger partial charge in [-0.05, 0) is 43.7 Å². The second-order valence-corrected chi connectivity index (χ2v) is 10.6. The second-order valence-electron chi connectivity index (χ2n) is 9.56. The highest BCUT2D eigenvalue weighted by atomic mass is 32.2. The molecule has 1 aliphatic heterocycles. The maximum Gasteiger partial charge on any atom is 0.255 e. The summed E-state index contributed by atoms with van der Waals surface area (Å²) in [6.07, 6.45) is 4.01. The summed E-state index contributed by atoms with van der Waals surface area (Å²) in [6.45, 7) is 6.08. The molecule has 2 amide bonds. The molecule has 4 aromatic rings. The van der Waals surface area contributed by atoms with Crippen LogP contribution in [0.4, 0.5) is 0 Å². The highest BCUT2D eigenvalue weighted by Crippen LogP contribution is 2.29. The van der Waals surface area contributed by atoms with E-state index in [1.165, 1.54) is 0 Å². The van der Waals surface area contributed by atoms with Crippen LogP contribution in [0, 0.1) is 0 Å². The maximum atomic E-state index is 13.5. The Labute approximate surface area is 215 Å². The number of pyridine rings is 1. The molecule has 184 valence electrons. The van der Waals surface area contributed by atoms with Crippen molar-refractivity contribution in [3.05, 3.63) is 102 Å². The molecule has 0 atom stereocenters. The third kappa shape index (κ3) is 4.88. The fourth-order valence-electron chi connectivity index (χ4n) is 4.63. The lowest BCUT2D eigenvalue weighted by Gasteiger charge is -2.39. The zero-order chi connectivity index (χ0) is 25.1. The summed E-state index contributed by atoms with van der Waals surface area (Å²) in [4.78, 5) is 36.1. The van der Waals surface area contributed by atoms with E-state index >= 15 is 0 Å². The summed E-state index contributed by atoms with van der Waals surface area (Å²) in [6, 6.07) is 23.6. The molecule has 0 spiro atoms. The smallest absolute Gasteiger partial charge is 0.255 e. The first kappa shape index (κ1) is 24.1. The predicted molar refractivity (Wildman–Crippen MR) is 143 cm³/mol. The number of aromatic nitrogens is 2. The molecule has 7 heteroatoms. The summed E-state index contributed by atoms with van der Waals surface area (Å²) in [7, 11) is 0. The van der Waals surface area contributed by atoms with Crippen molar-refractivity contribution >= 4 is 29.2 Å². The number of carbonyl (C=O) groups is 2. The van der Waals surface area contributed by atoms with Crippen molar-refractivity contribution in [3.8, 4) is 0 Å². The molecule has 6 nitrogen and oxygen atoms in total. The predicted octanol–water partition coefficient (Wildman–Crippen LogP) is 4.89. The number of carbonyl (C=O) groups excluding carboxylic acids is 2. The normalized spacial score (nSPS) is 14.3. The van der Waals surface area contributed by atoms with Gasteiger partial charge in [-0.1, -0.05) is 48.5 Å². The number of amides is 2. The summed E-state index contributed by atoms with van der Waals surface area (Å²) < 4.78 is 2.01. The third-order valence-electron chi connectivity index (χ3n) is 6.79. The van der Waals surface area contributed by atoms with Gasteiger partial charge in [0.25, 0.3) is 5.91 Å². The van der Waals surface area contributed by atoms with Gasteiger partial charge in [-0.15, -0.1) is 11.8 Å². The van der Waals surface area contributed by atoms with Gasteiger partial charge in [0.1, 0.15) is 5.65 Å². The molecule has 3 heterocycles. The Morgan fingerprint density at radius 3 is 2.28 bits per heavy atom. The Balaban J connectivity index is 1.23. The van der Waals surface area contributed by atoms with E-state index < -0.39 is 5.41 Å². The molecule has 1 saturated heterocycles. The highest BCUT2D eigenvalue weighted by molar-refractivity contribution is 7.98. The molecule has 0 N–H and O–H groups in total. The third-order valence-corrected chi connectivity index (χ3v) is 7.90. The Bertz CT molecular complexity index is 1340. The largest absolute Gasteiger partial charge is 0.338 e. The van der Waals surface area contributed by atoms with Crippen LogP contribution in [-0.4, -0.2) is 57.2 Å². The topological polar surface area (TPSA) is 57.9 Å². The zero-order valence-electron chi connectivity index (χ0n) is 20.6. The highest BCUT2D eigenvalue weighted by Gasteiger charge is 2.35. The first-order chi connectivity index (χ1) is 17.4. The lowest BCUT2D eigenvalue weighted by atomic mass is 9.83. The van der Waals surface area contributed by atoms with E-state index in [9.17, 15) is 9.59 Å². The van der Waals surface area contributed by atoms with Crippen LogP contribution in [0.5, 0.6) is 0 Å². The SMILES string of the molecule is CC(C)(C(=O)N1CCN(C(=O)c2ccccc2SCc2cn3ccccc3n2)CC1)c1ccccc1. The van der Waals surface area contributed by atoms with E-state index in [1.54, 1.807) is 11.8 Å². The average Bonchev–Trinajstić information content (AvgIpc) is 3.35. The number of piperazine rings is 1. The van der Waals surface area contributed by atoms with Crippen LogP contribution in [0.1, 0.15) is 35.5 Å². The summed E-state index contributed by atoms with van der Waals surface area (Å²) >= 11 is 1.63. The number of benzene rings is 2. The molecule has 0 radical (unpaired) electrons. The van der Waals surface area contributed by atoms with E-state index in [2.05, 4.69) is 4.98 Å². The van der Waals surface area contributed by atoms with Crippen molar-refractivity contribution in [2.75, 3.05) is 26.2 Å². The fourth-order valence-corrected chi connectivity index (χ4v) is 5.56. The summed E-state index contributed by atoms with van der Waals surface area (Å²) in [5.74, 6) is 0.801. The standard InChI is InChI=1S/C29H30N4O2S/c1-29(2,22-10-4-3-5-11-22)28(35)32-18-16-31(17-19-32)27(34)24-12-6-7-13-25(24)36-21-23-20-33-15-9-8-14-26(33)30-23/h3-15,20H,16-19,21H2,1-2H3. The Morgan fingerprint density at radius 1 is 0.861 bits per heavy atom. The Hall–Kier alpha value is -3.58. The molecular formula is C29H30N4O2S. The quantitative estimate of drug-likeness (QED) is 0.355. The number of hydrogen-bond acceptors (Lipinski definition) is 4. The van der Waals surface area contributed by atoms with Crippen LogP contribution in [0.2, 0.25) is 0 Å². The molecule has 0 aliphatic carbocycles. The molecule has 2 aromatic heterocycles. The molecule has 2 aromatic carbocycles. The van der Waals surface area contributed by atoms with Gasteiger partial charge in [-0.3, -0.25) is 9.59 Å². The Kier molecular flexibility index (Phi) is 6.83. The molecular weight excluding hydrogens is 468 g/mol. The minimum Gasteiger partial charge on any atom is -0.338 e. The number of fused-ring (bicyclic) bond motifs is 1. The molecule has 0 saturated carbocycles. The monoisotopic (exact) mass is 498 g/mol. The van der Waals surface area contributed by atoms with Gasteiger partial charge in [-0.25, -0.2) is 4.98 Å². The van der Waals surface area contributed by atoms with Crippen molar-refractivity contribution < 1.29 is 9.59 Å². The first-order valence-electron chi connectivity index (χ1n) is 12.2. The van der Waals surface area contributed by atoms with Crippen molar-refractivity contribution in [3.63, 3.8) is 0 Å². The second kappa shape index (κ2) is 10.2. The van der Waals surface area contributed by atoms with Crippen LogP contribution in [-0.2, 0) is 16.0 Å². The molecule has 0 bridgehead atoms. The molecule has 36 heavy (non-hydrogen) atoms. The zero-order valence-corrected chi connectivity index (χ0v) is 21.4. The first-order valence-corrected chi connectivity index (χ1v) is 13.2. The lowest BCUT2D eigenvalue weighted by molar-refractivity contribution is -0.137. The van der Waals surface area contributed by atoms with Crippen LogP contribution >= 0.6 is 11.8 Å². The summed E-state index contributed by atoms with van der Waals surface area (Å²) in [5.41, 5.74) is 3.00. The van der Waals surface area contributed by atoms with Crippen LogP contribution < -0.4 is 0 Å². The van der Waals surface area contributed by atoms with Gasteiger partial charge in [0, 0.05) is 49.2 Å². The minimum absolute atomic E-state index is 0.0162. The number of nitrogens with zero attached hydrogens (tertiary/aromatic N) is 4. The van der Waals surface area contributed by atoms with E-state index in [1.807, 2.05) is 113 Å². The minimum atomic E-state index is -0.603. The number of hydrogen-bond donors (Lipinski definition) is 0. The Morgan fingerprint density at radius 2 is 1.53 bits per heavy atom. The van der Waals surface area contributed by atoms with E-state index in [0.29, 0.717) is 37.5 Å². The van der Waals surface area contributed by atoms with Crippen LogP contribution in [0.3, 0.4) is 0 Å². The van der Waals surface area contributed by atoms with Gasteiger partial charge < -0.3 is 14.2 Å². The van der Waals surface area contributed by atoms with Crippen molar-refractivity contribution in [1.82, 2.24) is 19.2 Å². The van der Waals surface area contributed by atoms with Crippen LogP contribution in [0.15, 0.2) is 90.1 Å². The summed E-state index contributed by atoms with van der Waals surface area (Å²) in [5, 5.41) is 0. The van der Waals surface area contributed by atoms with Crippen molar-refractivity contribution in [1.29, 1.82) is 0 Å². The number of thioether (sulfide) groups is 1. The van der Waals surface area contributed by atoms with Gasteiger partial charge in [0.2, 0.25) is 5.91 Å². The average molecular weight is 499 g/mol. The van der Waals surface area contributed by atoms with Gasteiger partial charge in [-0.2, -0.15) is 0 Å². The molecule has 0 unspecified atom stereocenters. The van der Waals surface area contributed by atoms with Gasteiger partial charge in [0.15, 0.2) is 0 Å².